The molecule has 0 aliphatic heterocycles. The molecule has 2 heterocycles. The third kappa shape index (κ3) is 2.39. The maximum Gasteiger partial charge on any atom is 0.299 e. The predicted molar refractivity (Wildman–Crippen MR) is 80.5 cm³/mol. The fourth-order valence-corrected chi connectivity index (χ4v) is 2.82. The maximum absolute atomic E-state index is 12.6. The van der Waals surface area contributed by atoms with Gasteiger partial charge in [0.2, 0.25) is 0 Å². The van der Waals surface area contributed by atoms with E-state index < -0.39 is 5.91 Å². The maximum atomic E-state index is 12.6. The van der Waals surface area contributed by atoms with Gasteiger partial charge < -0.3 is 5.73 Å². The summed E-state index contributed by atoms with van der Waals surface area (Å²) in [7, 11) is 1.62. The number of hydrogen-bond donors (Lipinski definition) is 1. The van der Waals surface area contributed by atoms with Crippen LogP contribution in [0.5, 0.6) is 0 Å². The minimum Gasteiger partial charge on any atom is -0.382 e. The zero-order valence-electron chi connectivity index (χ0n) is 11.7. The number of carbonyl (C=O) groups is 1. The Kier molecular flexibility index (Phi) is 4.25. The molecule has 2 rings (SSSR count). The van der Waals surface area contributed by atoms with Gasteiger partial charge in [0.15, 0.2) is 0 Å². The van der Waals surface area contributed by atoms with Crippen molar-refractivity contribution in [2.75, 3.05) is 12.0 Å². The molecular weight excluding hydrogens is 312 g/mol. The Hall–Kier alpha value is -1.98. The molecule has 7 nitrogen and oxygen atoms in total. The number of thioether (sulfide) groups is 1. The number of nitrogens with two attached hydrogens (primary N) is 1. The van der Waals surface area contributed by atoms with Crippen LogP contribution >= 0.6 is 23.4 Å². The van der Waals surface area contributed by atoms with Crippen molar-refractivity contribution < 1.29 is 4.79 Å². The number of hydrogen-bond acceptors (Lipinski definition) is 6. The Balaban J connectivity index is 2.59. The van der Waals surface area contributed by atoms with Crippen LogP contribution in [0, 0.1) is 11.3 Å². The van der Waals surface area contributed by atoms with E-state index in [4.69, 9.17) is 22.6 Å². The van der Waals surface area contributed by atoms with Crippen LogP contribution < -0.4 is 5.73 Å². The molecule has 0 unspecified atom stereocenters. The third-order valence-electron chi connectivity index (χ3n) is 2.98. The molecule has 0 atom stereocenters. The van der Waals surface area contributed by atoms with E-state index in [1.165, 1.54) is 16.4 Å². The largest absolute Gasteiger partial charge is 0.382 e. The highest BCUT2D eigenvalue weighted by Crippen LogP contribution is 2.27. The number of rotatable bonds is 3. The first kappa shape index (κ1) is 15.4. The average molecular weight is 325 g/mol. The molecule has 110 valence electrons. The zero-order chi connectivity index (χ0) is 15.7. The minimum absolute atomic E-state index is 0.00200. The van der Waals surface area contributed by atoms with Crippen molar-refractivity contribution in [3.8, 4) is 6.07 Å². The second-order valence-corrected chi connectivity index (χ2v) is 5.36. The molecule has 0 saturated heterocycles. The van der Waals surface area contributed by atoms with E-state index in [2.05, 4.69) is 10.2 Å². The van der Waals surface area contributed by atoms with Crippen molar-refractivity contribution in [1.29, 1.82) is 5.26 Å². The summed E-state index contributed by atoms with van der Waals surface area (Å²) < 4.78 is 2.39. The summed E-state index contributed by atoms with van der Waals surface area (Å²) in [5, 5.41) is 18.0. The van der Waals surface area contributed by atoms with Gasteiger partial charge in [0.1, 0.15) is 28.2 Å². The highest BCUT2D eigenvalue weighted by Gasteiger charge is 2.26. The molecule has 0 spiro atoms. The molecule has 0 fully saturated rings. The van der Waals surface area contributed by atoms with Crippen molar-refractivity contribution in [3.63, 3.8) is 0 Å². The van der Waals surface area contributed by atoms with E-state index in [-0.39, 0.29) is 22.1 Å². The van der Waals surface area contributed by atoms with Gasteiger partial charge in [-0.1, -0.05) is 18.5 Å². The van der Waals surface area contributed by atoms with Crippen LogP contribution in [0.1, 0.15) is 28.7 Å². The van der Waals surface area contributed by atoms with Gasteiger partial charge in [-0.05, 0) is 12.7 Å². The molecule has 0 saturated carbocycles. The zero-order valence-corrected chi connectivity index (χ0v) is 13.3. The van der Waals surface area contributed by atoms with Crippen LogP contribution in [-0.4, -0.2) is 31.7 Å². The number of nitrogen functional groups attached to an aromatic ring is 1. The fourth-order valence-electron chi connectivity index (χ4n) is 1.93. The summed E-state index contributed by atoms with van der Waals surface area (Å²) >= 11 is 7.43. The molecule has 9 heteroatoms. The lowest BCUT2D eigenvalue weighted by Crippen LogP contribution is -2.19. The van der Waals surface area contributed by atoms with E-state index in [1.807, 2.05) is 13.0 Å². The highest BCUT2D eigenvalue weighted by atomic mass is 35.5. The number of aromatic nitrogens is 4. The van der Waals surface area contributed by atoms with E-state index in [9.17, 15) is 4.79 Å². The molecule has 2 aromatic heterocycles. The first-order valence-corrected chi connectivity index (χ1v) is 7.65. The van der Waals surface area contributed by atoms with Crippen LogP contribution in [0.15, 0.2) is 5.03 Å². The Morgan fingerprint density at radius 3 is 2.62 bits per heavy atom. The van der Waals surface area contributed by atoms with Gasteiger partial charge in [0.25, 0.3) is 5.91 Å². The van der Waals surface area contributed by atoms with Crippen molar-refractivity contribution in [2.24, 2.45) is 7.05 Å². The van der Waals surface area contributed by atoms with Crippen molar-refractivity contribution in [2.45, 2.75) is 18.4 Å². The second-order valence-electron chi connectivity index (χ2n) is 4.18. The van der Waals surface area contributed by atoms with E-state index in [1.54, 1.807) is 13.3 Å². The van der Waals surface area contributed by atoms with Gasteiger partial charge in [-0.2, -0.15) is 20.1 Å². The van der Waals surface area contributed by atoms with E-state index in [0.717, 1.165) is 4.68 Å². The number of nitrogens with zero attached hydrogens (tertiary/aromatic N) is 5. The number of anilines is 1. The normalized spacial score (nSPS) is 10.6. The topological polar surface area (TPSA) is 103 Å². The van der Waals surface area contributed by atoms with Gasteiger partial charge in [0.05, 0.1) is 10.7 Å². The molecule has 2 N–H and O–H groups in total. The minimum atomic E-state index is -0.510. The molecule has 0 aliphatic carbocycles. The first-order chi connectivity index (χ1) is 9.96. The Bertz CT molecular complexity index is 757. The molecule has 2 aromatic rings. The molecule has 0 aliphatic rings. The van der Waals surface area contributed by atoms with Crippen LogP contribution in [0.25, 0.3) is 0 Å². The van der Waals surface area contributed by atoms with Crippen molar-refractivity contribution >= 4 is 35.1 Å². The number of aryl methyl sites for hydroxylation is 2. The average Bonchev–Trinajstić information content (AvgIpc) is 2.94. The SMILES string of the molecule is CCc1nn(C)c(C(=O)n2nc(SC)c(C#N)c2N)c1Cl. The van der Waals surface area contributed by atoms with Crippen LogP contribution in [0.4, 0.5) is 5.82 Å². The lowest BCUT2D eigenvalue weighted by molar-refractivity contribution is 0.0937. The number of halogens is 1. The van der Waals surface area contributed by atoms with Gasteiger partial charge >= 0.3 is 0 Å². The van der Waals surface area contributed by atoms with Gasteiger partial charge in [-0.25, -0.2) is 0 Å². The van der Waals surface area contributed by atoms with E-state index in [0.29, 0.717) is 17.1 Å². The molecule has 21 heavy (non-hydrogen) atoms. The fraction of sp³-hybridized carbons (Fsp3) is 0.333. The third-order valence-corrected chi connectivity index (χ3v) is 4.05. The Morgan fingerprint density at radius 2 is 2.19 bits per heavy atom. The Morgan fingerprint density at radius 1 is 1.52 bits per heavy atom. The van der Waals surface area contributed by atoms with Gasteiger partial charge in [-0.3, -0.25) is 9.48 Å². The van der Waals surface area contributed by atoms with Crippen LogP contribution in [0.3, 0.4) is 0 Å². The predicted octanol–water partition coefficient (Wildman–Crippen LogP) is 1.70. The molecule has 0 amide bonds. The van der Waals surface area contributed by atoms with Gasteiger partial charge in [0, 0.05) is 7.05 Å². The number of carbonyl (C=O) groups excluding carboxylic acids is 1. The second kappa shape index (κ2) is 5.79. The summed E-state index contributed by atoms with van der Waals surface area (Å²) in [5.74, 6) is -0.508. The quantitative estimate of drug-likeness (QED) is 0.862. The molecule has 0 aromatic carbocycles. The summed E-state index contributed by atoms with van der Waals surface area (Å²) in [6.07, 6.45) is 2.36. The standard InChI is InChI=1S/C12H13ClN6OS/c1-4-7-8(13)9(18(2)16-7)12(20)19-10(15)6(5-14)11(17-19)21-3/h4,15H2,1-3H3. The molecule has 0 bridgehead atoms. The molecule has 0 radical (unpaired) electrons. The summed E-state index contributed by atoms with van der Waals surface area (Å²) in [4.78, 5) is 12.6. The monoisotopic (exact) mass is 324 g/mol. The lowest BCUT2D eigenvalue weighted by Gasteiger charge is -2.03. The first-order valence-electron chi connectivity index (χ1n) is 6.04. The van der Waals surface area contributed by atoms with E-state index >= 15 is 0 Å². The van der Waals surface area contributed by atoms with Crippen molar-refractivity contribution in [3.05, 3.63) is 22.0 Å². The van der Waals surface area contributed by atoms with Crippen LogP contribution in [0.2, 0.25) is 5.02 Å². The summed E-state index contributed by atoms with van der Waals surface area (Å²) in [6.45, 7) is 1.89. The summed E-state index contributed by atoms with van der Waals surface area (Å²) in [6, 6.07) is 1.95. The molecular formula is C12H13ClN6OS. The highest BCUT2D eigenvalue weighted by molar-refractivity contribution is 7.98. The smallest absolute Gasteiger partial charge is 0.299 e. The van der Waals surface area contributed by atoms with Crippen molar-refractivity contribution in [1.82, 2.24) is 19.6 Å². The number of nitriles is 1. The Labute approximate surface area is 130 Å². The lowest BCUT2D eigenvalue weighted by atomic mass is 10.3. The summed E-state index contributed by atoms with van der Waals surface area (Å²) in [5.41, 5.74) is 6.84. The van der Waals surface area contributed by atoms with Crippen LogP contribution in [-0.2, 0) is 13.5 Å². The van der Waals surface area contributed by atoms with Gasteiger partial charge in [-0.15, -0.1) is 11.8 Å².